The second-order valence-corrected chi connectivity index (χ2v) is 15.2. The van der Waals surface area contributed by atoms with Gasteiger partial charge in [0.15, 0.2) is 5.25 Å². The number of hydrogen-bond donors (Lipinski definition) is 4. The molecule has 0 aromatic heterocycles. The molecule has 55 heavy (non-hydrogen) atoms. The van der Waals surface area contributed by atoms with Gasteiger partial charge in [-0.25, -0.2) is 8.42 Å². The van der Waals surface area contributed by atoms with Crippen LogP contribution in [0, 0.1) is 0 Å². The Balaban J connectivity index is -0.000000400. The molecule has 0 amide bonds. The van der Waals surface area contributed by atoms with E-state index in [1.54, 1.807) is 0 Å². The smallest absolute Gasteiger partial charge is 0.747 e. The van der Waals surface area contributed by atoms with Crippen LogP contribution in [0.5, 0.6) is 0 Å². The first-order valence-electron chi connectivity index (χ1n) is 20.0. The fraction of sp³-hybridized carbons (Fsp3) is 0.921. The predicted octanol–water partition coefficient (Wildman–Crippen LogP) is -1.78. The van der Waals surface area contributed by atoms with Crippen molar-refractivity contribution in [2.75, 3.05) is 26.4 Å². The Morgan fingerprint density at radius 2 is 1.11 bits per heavy atom. The minimum atomic E-state index is -4.98. The summed E-state index contributed by atoms with van der Waals surface area (Å²) in [6.45, 7) is 6.19. The first-order valence-corrected chi connectivity index (χ1v) is 21.5. The summed E-state index contributed by atoms with van der Waals surface area (Å²) in [5, 5.41) is 43.6. The number of carbonyl (C=O) groups is 3. The summed E-state index contributed by atoms with van der Waals surface area (Å²) in [6.07, 6.45) is 18.3. The van der Waals surface area contributed by atoms with Crippen molar-refractivity contribution in [3.05, 3.63) is 0 Å². The molecular weight excluding hydrogens is 758 g/mol. The third kappa shape index (κ3) is 38.1. The van der Waals surface area contributed by atoms with Gasteiger partial charge in [0.1, 0.15) is 34.5 Å². The molecule has 0 aromatic rings. The average Bonchev–Trinajstić information content (AvgIpc) is 3.45. The second kappa shape index (κ2) is 42.3. The molecule has 1 aliphatic rings. The fourth-order valence-corrected chi connectivity index (χ4v) is 6.02. The van der Waals surface area contributed by atoms with Crippen molar-refractivity contribution >= 4 is 28.0 Å². The van der Waals surface area contributed by atoms with Crippen LogP contribution in [0.2, 0.25) is 0 Å². The normalized spacial score (nSPS) is 17.2. The first kappa shape index (κ1) is 61.8. The standard InChI is InChI=1S/C20H38O7S.C12H24O2.C6H12O5.2Na/c1-3-5-7-9-11-13-15-26-19(21)17-18(28(23,24)25)20(22)27-16-14-12-10-8-6-4-2;1-2-3-4-5-6-7-8-9-10-11-12(13)14;7-1-3(8)6-5(10)4(9)2-11-6;;/h18H,3-17H2,1-2H3,(H,23,24,25);2-11H2,1H3,(H,13,14);3-10H,1-2H2;;/q;;;2*+1/p-2/t;;3-,4+,5-,6-;;/m..1../s1. The fourth-order valence-electron chi connectivity index (χ4n) is 5.38. The van der Waals surface area contributed by atoms with E-state index in [2.05, 4.69) is 20.8 Å². The van der Waals surface area contributed by atoms with Crippen LogP contribution in [0.15, 0.2) is 0 Å². The number of unbranched alkanes of at least 4 members (excludes halogenated alkanes) is 18. The number of aliphatic carboxylic acids is 1. The van der Waals surface area contributed by atoms with Crippen LogP contribution >= 0.6 is 0 Å². The number of esters is 2. The molecule has 14 nitrogen and oxygen atoms in total. The molecule has 0 radical (unpaired) electrons. The van der Waals surface area contributed by atoms with E-state index >= 15 is 0 Å². The summed E-state index contributed by atoms with van der Waals surface area (Å²) in [4.78, 5) is 33.8. The molecule has 316 valence electrons. The molecule has 1 aliphatic heterocycles. The molecule has 1 rings (SSSR count). The van der Waals surface area contributed by atoms with Gasteiger partial charge in [-0.2, -0.15) is 0 Å². The minimum absolute atomic E-state index is 0. The van der Waals surface area contributed by atoms with Crippen molar-refractivity contribution in [1.82, 2.24) is 0 Å². The monoisotopic (exact) mass is 830 g/mol. The maximum atomic E-state index is 11.9. The summed E-state index contributed by atoms with van der Waals surface area (Å²) >= 11 is 0. The third-order valence-electron chi connectivity index (χ3n) is 8.71. The Morgan fingerprint density at radius 1 is 0.709 bits per heavy atom. The van der Waals surface area contributed by atoms with Crippen LogP contribution in [0.3, 0.4) is 0 Å². The van der Waals surface area contributed by atoms with Gasteiger partial charge < -0.3 is 49.1 Å². The van der Waals surface area contributed by atoms with E-state index in [1.807, 2.05) is 0 Å². The molecule has 0 aromatic carbocycles. The molecule has 4 N–H and O–H groups in total. The van der Waals surface area contributed by atoms with E-state index in [0.29, 0.717) is 12.8 Å². The Hall–Kier alpha value is 0.120. The third-order valence-corrected chi connectivity index (χ3v) is 9.76. The van der Waals surface area contributed by atoms with Crippen LogP contribution in [0.25, 0.3) is 0 Å². The number of aliphatic hydroxyl groups is 4. The van der Waals surface area contributed by atoms with Gasteiger partial charge in [0, 0.05) is 5.97 Å². The second-order valence-electron chi connectivity index (χ2n) is 13.7. The summed E-state index contributed by atoms with van der Waals surface area (Å²) < 4.78 is 48.7. The number of aliphatic hydroxyl groups excluding tert-OH is 4. The average molecular weight is 831 g/mol. The molecule has 1 fully saturated rings. The van der Waals surface area contributed by atoms with Gasteiger partial charge in [0.25, 0.3) is 0 Å². The van der Waals surface area contributed by atoms with Gasteiger partial charge in [0.2, 0.25) is 0 Å². The van der Waals surface area contributed by atoms with Gasteiger partial charge in [0.05, 0.1) is 32.8 Å². The Labute approximate surface area is 375 Å². The summed E-state index contributed by atoms with van der Waals surface area (Å²) in [5.74, 6) is -2.94. The van der Waals surface area contributed by atoms with Gasteiger partial charge in [-0.05, 0) is 25.7 Å². The van der Waals surface area contributed by atoms with Gasteiger partial charge in [-0.3, -0.25) is 9.59 Å². The van der Waals surface area contributed by atoms with Crippen LogP contribution in [0.1, 0.15) is 168 Å². The first-order chi connectivity index (χ1) is 25.3. The summed E-state index contributed by atoms with van der Waals surface area (Å²) in [7, 11) is -4.98. The van der Waals surface area contributed by atoms with Crippen LogP contribution in [0.4, 0.5) is 0 Å². The minimum Gasteiger partial charge on any atom is -0.747 e. The van der Waals surface area contributed by atoms with Gasteiger partial charge >= 0.3 is 71.1 Å². The zero-order valence-electron chi connectivity index (χ0n) is 34.8. The van der Waals surface area contributed by atoms with E-state index in [1.165, 1.54) is 51.4 Å². The van der Waals surface area contributed by atoms with Crippen molar-refractivity contribution < 1.29 is 126 Å². The van der Waals surface area contributed by atoms with E-state index < -0.39 is 70.7 Å². The van der Waals surface area contributed by atoms with Crippen LogP contribution < -0.4 is 64.2 Å². The number of hydrogen-bond acceptors (Lipinski definition) is 14. The van der Waals surface area contributed by atoms with E-state index in [-0.39, 0.29) is 85.4 Å². The SMILES string of the molecule is CCCCCCCCCCCC(=O)[O-].CCCCCCCCOC(=O)CC(C(=O)OCCCCCCCC)S(=O)(=O)[O-].OC[C@@H](O)[C@H]1OC[C@H](O)[C@H]1O.[Na+].[Na+]. The molecule has 1 heterocycles. The van der Waals surface area contributed by atoms with E-state index in [0.717, 1.165) is 70.6 Å². The largest absolute Gasteiger partial charge is 1.00 e. The van der Waals surface area contributed by atoms with Crippen LogP contribution in [-0.2, 0) is 38.7 Å². The molecule has 1 saturated heterocycles. The zero-order valence-corrected chi connectivity index (χ0v) is 39.6. The van der Waals surface area contributed by atoms with Crippen LogP contribution in [-0.4, -0.2) is 107 Å². The number of rotatable bonds is 30. The molecule has 0 saturated carbocycles. The van der Waals surface area contributed by atoms with Crippen molar-refractivity contribution in [3.63, 3.8) is 0 Å². The Bertz CT molecular complexity index is 1010. The number of carbonyl (C=O) groups excluding carboxylic acids is 3. The number of carboxylic acid groups (broad SMARTS) is 1. The molecule has 0 bridgehead atoms. The number of carboxylic acids is 1. The maximum absolute atomic E-state index is 11.9. The summed E-state index contributed by atoms with van der Waals surface area (Å²) in [6, 6.07) is 0. The molecule has 17 heteroatoms. The van der Waals surface area contributed by atoms with Crippen molar-refractivity contribution in [3.8, 4) is 0 Å². The zero-order chi connectivity index (χ0) is 40.3. The Morgan fingerprint density at radius 3 is 1.47 bits per heavy atom. The van der Waals surface area contributed by atoms with Crippen molar-refractivity contribution in [2.24, 2.45) is 0 Å². The Kier molecular flexibility index (Phi) is 47.5. The topological polar surface area (TPSA) is 240 Å². The molecular formula is C38H72Na2O14S. The van der Waals surface area contributed by atoms with Crippen molar-refractivity contribution in [1.29, 1.82) is 0 Å². The number of ether oxygens (including phenoxy) is 3. The van der Waals surface area contributed by atoms with E-state index in [4.69, 9.17) is 34.6 Å². The maximum Gasteiger partial charge on any atom is 1.00 e. The van der Waals surface area contributed by atoms with Gasteiger partial charge in [-0.15, -0.1) is 0 Å². The van der Waals surface area contributed by atoms with Crippen molar-refractivity contribution in [2.45, 2.75) is 198 Å². The molecule has 1 unspecified atom stereocenters. The molecule has 5 atom stereocenters. The predicted molar refractivity (Wildman–Crippen MR) is 198 cm³/mol. The van der Waals surface area contributed by atoms with E-state index in [9.17, 15) is 32.5 Å². The summed E-state index contributed by atoms with van der Waals surface area (Å²) in [5.41, 5.74) is 0. The van der Waals surface area contributed by atoms with Gasteiger partial charge in [-0.1, -0.05) is 136 Å². The molecule has 0 aliphatic carbocycles. The molecule has 0 spiro atoms. The quantitative estimate of drug-likeness (QED) is 0.0271.